The average molecular weight is 297 g/mol. The van der Waals surface area contributed by atoms with Crippen LogP contribution in [-0.2, 0) is 4.79 Å². The van der Waals surface area contributed by atoms with Crippen LogP contribution in [0.25, 0.3) is 0 Å². The van der Waals surface area contributed by atoms with E-state index in [0.29, 0.717) is 5.78 Å². The van der Waals surface area contributed by atoms with Gasteiger partial charge in [0.25, 0.3) is 0 Å². The van der Waals surface area contributed by atoms with Gasteiger partial charge < -0.3 is 0 Å². The highest BCUT2D eigenvalue weighted by Gasteiger charge is 2.36. The van der Waals surface area contributed by atoms with Crippen LogP contribution in [0.3, 0.4) is 0 Å². The van der Waals surface area contributed by atoms with Crippen LogP contribution in [-0.4, -0.2) is 5.78 Å². The van der Waals surface area contributed by atoms with Gasteiger partial charge in [0.05, 0.1) is 0 Å². The van der Waals surface area contributed by atoms with Gasteiger partial charge >= 0.3 is 0 Å². The number of hydrogen-bond acceptors (Lipinski definition) is 1. The van der Waals surface area contributed by atoms with Crippen molar-refractivity contribution in [1.82, 2.24) is 0 Å². The van der Waals surface area contributed by atoms with Crippen molar-refractivity contribution in [2.75, 3.05) is 0 Å². The Kier molecular flexibility index (Phi) is 15.5. The van der Waals surface area contributed by atoms with Crippen molar-refractivity contribution in [2.24, 2.45) is 5.41 Å². The van der Waals surface area contributed by atoms with Gasteiger partial charge in [0.15, 0.2) is 0 Å². The van der Waals surface area contributed by atoms with Gasteiger partial charge in [-0.15, -0.1) is 6.58 Å². The summed E-state index contributed by atoms with van der Waals surface area (Å²) < 4.78 is 0. The van der Waals surface area contributed by atoms with Gasteiger partial charge in [-0.05, 0) is 46.0 Å². The molecule has 126 valence electrons. The SMILES string of the molecule is C=C(C)CCCCC.CCC.CCC1(C(C)=O)CCCC1. The lowest BCUT2D eigenvalue weighted by Gasteiger charge is -2.23. The lowest BCUT2D eigenvalue weighted by atomic mass is 9.80. The van der Waals surface area contributed by atoms with Crippen molar-refractivity contribution in [3.05, 3.63) is 12.2 Å². The smallest absolute Gasteiger partial charge is 0.135 e. The fourth-order valence-corrected chi connectivity index (χ4v) is 2.68. The average Bonchev–Trinajstić information content (AvgIpc) is 2.90. The zero-order valence-electron chi connectivity index (χ0n) is 15.7. The molecule has 0 aromatic carbocycles. The molecule has 0 N–H and O–H groups in total. The summed E-state index contributed by atoms with van der Waals surface area (Å²) in [5.41, 5.74) is 1.42. The molecule has 1 aliphatic rings. The van der Waals surface area contributed by atoms with Gasteiger partial charge in [-0.3, -0.25) is 4.79 Å². The summed E-state index contributed by atoms with van der Waals surface area (Å²) in [5, 5.41) is 0. The highest BCUT2D eigenvalue weighted by Crippen LogP contribution is 2.41. The number of Topliss-reactive ketones (excluding diaryl/α,β-unsaturated/α-hetero) is 1. The molecule has 0 atom stereocenters. The summed E-state index contributed by atoms with van der Waals surface area (Å²) in [6, 6.07) is 0. The van der Waals surface area contributed by atoms with Crippen molar-refractivity contribution < 1.29 is 4.79 Å². The van der Waals surface area contributed by atoms with Gasteiger partial charge in [-0.1, -0.05) is 65.4 Å². The zero-order chi connectivity index (χ0) is 16.7. The molecule has 0 aromatic rings. The van der Waals surface area contributed by atoms with Crippen LogP contribution < -0.4 is 0 Å². The molecule has 0 amide bonds. The van der Waals surface area contributed by atoms with E-state index in [9.17, 15) is 4.79 Å². The number of carbonyl (C=O) groups is 1. The van der Waals surface area contributed by atoms with E-state index in [-0.39, 0.29) is 5.41 Å². The number of carbonyl (C=O) groups excluding carboxylic acids is 1. The van der Waals surface area contributed by atoms with E-state index < -0.39 is 0 Å². The molecular weight excluding hydrogens is 256 g/mol. The third kappa shape index (κ3) is 11.7. The predicted octanol–water partition coefficient (Wildman–Crippen LogP) is 7.10. The minimum Gasteiger partial charge on any atom is -0.299 e. The van der Waals surface area contributed by atoms with E-state index in [0.717, 1.165) is 19.3 Å². The van der Waals surface area contributed by atoms with Crippen molar-refractivity contribution in [3.63, 3.8) is 0 Å². The summed E-state index contributed by atoms with van der Waals surface area (Å²) in [5.74, 6) is 0.410. The van der Waals surface area contributed by atoms with Gasteiger partial charge in [0, 0.05) is 5.41 Å². The second-order valence-corrected chi connectivity index (χ2v) is 6.52. The summed E-state index contributed by atoms with van der Waals surface area (Å²) >= 11 is 0. The number of hydrogen-bond donors (Lipinski definition) is 0. The first-order valence-corrected chi connectivity index (χ1v) is 9.05. The molecule has 0 aromatic heterocycles. The molecule has 0 bridgehead atoms. The third-order valence-corrected chi connectivity index (χ3v) is 4.19. The van der Waals surface area contributed by atoms with Crippen LogP contribution in [0.4, 0.5) is 0 Å². The standard InChI is InChI=1S/C9H16O.C8H16.C3H8/c1-3-9(8(2)10)6-4-5-7-9;1-4-5-6-7-8(2)3;1-3-2/h3-7H2,1-2H3;2,4-7H2,1,3H3;3H2,1-2H3. The summed E-state index contributed by atoms with van der Waals surface area (Å²) in [7, 11) is 0. The first kappa shape index (κ1) is 22.7. The normalized spacial score (nSPS) is 15.3. The van der Waals surface area contributed by atoms with E-state index in [1.54, 1.807) is 6.92 Å². The van der Waals surface area contributed by atoms with E-state index in [4.69, 9.17) is 0 Å². The lowest BCUT2D eigenvalue weighted by Crippen LogP contribution is -2.24. The topological polar surface area (TPSA) is 17.1 Å². The van der Waals surface area contributed by atoms with E-state index in [1.165, 1.54) is 50.5 Å². The molecular formula is C20H40O. The number of ketones is 1. The molecule has 21 heavy (non-hydrogen) atoms. The maximum atomic E-state index is 11.2. The quantitative estimate of drug-likeness (QED) is 0.377. The predicted molar refractivity (Wildman–Crippen MR) is 96.8 cm³/mol. The minimum absolute atomic E-state index is 0.0972. The maximum Gasteiger partial charge on any atom is 0.135 e. The highest BCUT2D eigenvalue weighted by atomic mass is 16.1. The second-order valence-electron chi connectivity index (χ2n) is 6.52. The molecule has 0 heterocycles. The Hall–Kier alpha value is -0.590. The maximum absolute atomic E-state index is 11.2. The summed E-state index contributed by atoms with van der Waals surface area (Å²) in [6.07, 6.45) is 12.3. The van der Waals surface area contributed by atoms with Crippen LogP contribution in [0.2, 0.25) is 0 Å². The van der Waals surface area contributed by atoms with Crippen LogP contribution in [0.15, 0.2) is 12.2 Å². The number of allylic oxidation sites excluding steroid dienone is 1. The van der Waals surface area contributed by atoms with Crippen LogP contribution in [0, 0.1) is 5.41 Å². The third-order valence-electron chi connectivity index (χ3n) is 4.19. The van der Waals surface area contributed by atoms with Crippen molar-refractivity contribution >= 4 is 5.78 Å². The molecule has 0 unspecified atom stereocenters. The molecule has 0 radical (unpaired) electrons. The van der Waals surface area contributed by atoms with Gasteiger partial charge in [-0.25, -0.2) is 0 Å². The summed E-state index contributed by atoms with van der Waals surface area (Å²) in [4.78, 5) is 11.2. The lowest BCUT2D eigenvalue weighted by molar-refractivity contribution is -0.126. The fourth-order valence-electron chi connectivity index (χ4n) is 2.68. The van der Waals surface area contributed by atoms with E-state index >= 15 is 0 Å². The Morgan fingerprint density at radius 3 is 1.71 bits per heavy atom. The molecule has 1 heteroatoms. The minimum atomic E-state index is 0.0972. The molecule has 1 saturated carbocycles. The zero-order valence-corrected chi connectivity index (χ0v) is 15.7. The van der Waals surface area contributed by atoms with Crippen LogP contribution in [0.1, 0.15) is 106 Å². The summed E-state index contributed by atoms with van der Waals surface area (Å²) in [6.45, 7) is 16.3. The Morgan fingerprint density at radius 2 is 1.48 bits per heavy atom. The van der Waals surface area contributed by atoms with E-state index in [2.05, 4.69) is 41.2 Å². The molecule has 1 fully saturated rings. The van der Waals surface area contributed by atoms with Crippen molar-refractivity contribution in [3.8, 4) is 0 Å². The van der Waals surface area contributed by atoms with Gasteiger partial charge in [-0.2, -0.15) is 0 Å². The second kappa shape index (κ2) is 14.4. The molecule has 0 saturated heterocycles. The Bertz CT molecular complexity index is 259. The molecule has 1 nitrogen and oxygen atoms in total. The molecule has 0 aliphatic heterocycles. The molecule has 0 spiro atoms. The van der Waals surface area contributed by atoms with Crippen LogP contribution in [0.5, 0.6) is 0 Å². The molecule has 1 rings (SSSR count). The number of rotatable bonds is 6. The highest BCUT2D eigenvalue weighted by molar-refractivity contribution is 5.82. The first-order valence-electron chi connectivity index (χ1n) is 9.05. The first-order chi connectivity index (χ1) is 9.90. The Balaban J connectivity index is 0. The number of unbranched alkanes of at least 4 members (excludes halogenated alkanes) is 2. The van der Waals surface area contributed by atoms with Gasteiger partial charge in [0.1, 0.15) is 5.78 Å². The van der Waals surface area contributed by atoms with E-state index in [1.807, 2.05) is 0 Å². The van der Waals surface area contributed by atoms with Crippen LogP contribution >= 0.6 is 0 Å². The molecule has 1 aliphatic carbocycles. The largest absolute Gasteiger partial charge is 0.299 e. The Morgan fingerprint density at radius 1 is 1.00 bits per heavy atom. The van der Waals surface area contributed by atoms with Crippen molar-refractivity contribution in [1.29, 1.82) is 0 Å². The van der Waals surface area contributed by atoms with Gasteiger partial charge in [0.2, 0.25) is 0 Å². The van der Waals surface area contributed by atoms with Crippen molar-refractivity contribution in [2.45, 2.75) is 106 Å². The monoisotopic (exact) mass is 296 g/mol. The fraction of sp³-hybridized carbons (Fsp3) is 0.850. The Labute approximate surface area is 134 Å².